The molecule has 0 bridgehead atoms. The number of benzene rings is 1. The molecule has 1 N–H and O–H groups in total. The van der Waals surface area contributed by atoms with Gasteiger partial charge in [0.15, 0.2) is 0 Å². The van der Waals surface area contributed by atoms with Gasteiger partial charge in [-0.1, -0.05) is 23.2 Å². The zero-order valence-corrected chi connectivity index (χ0v) is 10.7. The van der Waals surface area contributed by atoms with Crippen LogP contribution in [0.1, 0.15) is 5.69 Å². The number of halogens is 5. The van der Waals surface area contributed by atoms with Crippen LogP contribution < -0.4 is 5.32 Å². The Morgan fingerprint density at radius 2 is 1.79 bits per heavy atom. The van der Waals surface area contributed by atoms with Crippen LogP contribution in [0.2, 0.25) is 10.0 Å². The minimum absolute atomic E-state index is 0.173. The van der Waals surface area contributed by atoms with E-state index >= 15 is 0 Å². The van der Waals surface area contributed by atoms with E-state index in [1.807, 2.05) is 0 Å². The van der Waals surface area contributed by atoms with Crippen LogP contribution in [0.15, 0.2) is 30.5 Å². The Labute approximate surface area is 116 Å². The van der Waals surface area contributed by atoms with Crippen molar-refractivity contribution in [2.75, 3.05) is 5.32 Å². The number of aromatic nitrogens is 2. The van der Waals surface area contributed by atoms with Gasteiger partial charge in [-0.05, 0) is 24.3 Å². The first-order valence-electron chi connectivity index (χ1n) is 4.98. The predicted molar refractivity (Wildman–Crippen MR) is 66.8 cm³/mol. The van der Waals surface area contributed by atoms with Crippen molar-refractivity contribution in [2.24, 2.45) is 0 Å². The standard InChI is InChI=1S/C11H6Cl2F3N3/c12-7-2-1-6(5-8(7)13)18-10-17-4-3-9(19-10)11(14,15)16/h1-5H,(H,17,18,19). The maximum Gasteiger partial charge on any atom is 0.433 e. The minimum Gasteiger partial charge on any atom is -0.324 e. The van der Waals surface area contributed by atoms with E-state index in [0.29, 0.717) is 10.7 Å². The third kappa shape index (κ3) is 3.48. The fraction of sp³-hybridized carbons (Fsp3) is 0.0909. The molecule has 0 aliphatic heterocycles. The highest BCUT2D eigenvalue weighted by atomic mass is 35.5. The average Bonchev–Trinajstić information content (AvgIpc) is 2.33. The Balaban J connectivity index is 2.26. The van der Waals surface area contributed by atoms with Gasteiger partial charge in [-0.25, -0.2) is 9.97 Å². The Morgan fingerprint density at radius 3 is 2.42 bits per heavy atom. The van der Waals surface area contributed by atoms with Gasteiger partial charge in [0.25, 0.3) is 0 Å². The highest BCUT2D eigenvalue weighted by molar-refractivity contribution is 6.42. The van der Waals surface area contributed by atoms with Crippen molar-refractivity contribution in [3.05, 3.63) is 46.2 Å². The molecule has 3 nitrogen and oxygen atoms in total. The maximum atomic E-state index is 12.5. The van der Waals surface area contributed by atoms with Crippen molar-refractivity contribution in [1.29, 1.82) is 0 Å². The molecule has 0 aliphatic carbocycles. The summed E-state index contributed by atoms with van der Waals surface area (Å²) in [6, 6.07) is 5.32. The molecule has 1 heterocycles. The van der Waals surface area contributed by atoms with E-state index in [2.05, 4.69) is 15.3 Å². The highest BCUT2D eigenvalue weighted by Crippen LogP contribution is 2.29. The van der Waals surface area contributed by atoms with Crippen molar-refractivity contribution < 1.29 is 13.2 Å². The summed E-state index contributed by atoms with van der Waals surface area (Å²) in [6.07, 6.45) is -3.49. The first-order valence-corrected chi connectivity index (χ1v) is 5.74. The molecule has 1 aromatic carbocycles. The number of nitrogens with zero attached hydrogens (tertiary/aromatic N) is 2. The zero-order valence-electron chi connectivity index (χ0n) is 9.17. The molecule has 0 atom stereocenters. The van der Waals surface area contributed by atoms with Gasteiger partial charge in [0.2, 0.25) is 5.95 Å². The van der Waals surface area contributed by atoms with Crippen LogP contribution in [0.4, 0.5) is 24.8 Å². The molecule has 0 amide bonds. The number of hydrogen-bond donors (Lipinski definition) is 1. The summed E-state index contributed by atoms with van der Waals surface area (Å²) in [6.45, 7) is 0. The summed E-state index contributed by atoms with van der Waals surface area (Å²) in [5.74, 6) is -0.173. The number of hydrogen-bond acceptors (Lipinski definition) is 3. The minimum atomic E-state index is -4.52. The number of anilines is 2. The molecule has 0 aliphatic rings. The molecule has 0 fully saturated rings. The molecule has 19 heavy (non-hydrogen) atoms. The topological polar surface area (TPSA) is 37.8 Å². The Morgan fingerprint density at radius 1 is 1.05 bits per heavy atom. The van der Waals surface area contributed by atoms with Gasteiger partial charge in [-0.15, -0.1) is 0 Å². The smallest absolute Gasteiger partial charge is 0.324 e. The largest absolute Gasteiger partial charge is 0.433 e. The number of nitrogens with one attached hydrogen (secondary N) is 1. The molecule has 0 radical (unpaired) electrons. The van der Waals surface area contributed by atoms with Crippen LogP contribution in [0.5, 0.6) is 0 Å². The second kappa shape index (κ2) is 5.22. The van der Waals surface area contributed by atoms with E-state index in [1.54, 1.807) is 6.07 Å². The van der Waals surface area contributed by atoms with Gasteiger partial charge in [0.1, 0.15) is 5.69 Å². The number of alkyl halides is 3. The lowest BCUT2D eigenvalue weighted by molar-refractivity contribution is -0.141. The summed E-state index contributed by atoms with van der Waals surface area (Å²) < 4.78 is 37.4. The van der Waals surface area contributed by atoms with Crippen LogP contribution >= 0.6 is 23.2 Å². The van der Waals surface area contributed by atoms with Crippen molar-refractivity contribution in [2.45, 2.75) is 6.18 Å². The normalized spacial score (nSPS) is 11.4. The molecule has 2 rings (SSSR count). The van der Waals surface area contributed by atoms with E-state index in [0.717, 1.165) is 12.3 Å². The van der Waals surface area contributed by atoms with Crippen LogP contribution in [0, 0.1) is 0 Å². The van der Waals surface area contributed by atoms with Gasteiger partial charge in [0.05, 0.1) is 10.0 Å². The monoisotopic (exact) mass is 307 g/mol. The van der Waals surface area contributed by atoms with Gasteiger partial charge < -0.3 is 5.32 Å². The van der Waals surface area contributed by atoms with E-state index in [-0.39, 0.29) is 11.0 Å². The van der Waals surface area contributed by atoms with Gasteiger partial charge in [-0.3, -0.25) is 0 Å². The zero-order chi connectivity index (χ0) is 14.0. The Bertz CT molecular complexity index is 602. The molecule has 0 saturated carbocycles. The third-order valence-electron chi connectivity index (χ3n) is 2.12. The Kier molecular flexibility index (Phi) is 3.82. The molecule has 0 unspecified atom stereocenters. The van der Waals surface area contributed by atoms with Crippen molar-refractivity contribution in [3.8, 4) is 0 Å². The fourth-order valence-corrected chi connectivity index (χ4v) is 1.58. The summed E-state index contributed by atoms with van der Waals surface area (Å²) in [5.41, 5.74) is -0.584. The molecule has 1 aromatic heterocycles. The van der Waals surface area contributed by atoms with E-state index in [9.17, 15) is 13.2 Å². The second-order valence-electron chi connectivity index (χ2n) is 3.52. The van der Waals surface area contributed by atoms with Crippen LogP contribution in [-0.4, -0.2) is 9.97 Å². The quantitative estimate of drug-likeness (QED) is 0.884. The third-order valence-corrected chi connectivity index (χ3v) is 2.86. The molecular formula is C11H6Cl2F3N3. The first-order chi connectivity index (χ1) is 8.86. The molecule has 8 heteroatoms. The summed E-state index contributed by atoms with van der Waals surface area (Å²) in [4.78, 5) is 7.07. The van der Waals surface area contributed by atoms with Crippen molar-refractivity contribution in [1.82, 2.24) is 9.97 Å². The second-order valence-corrected chi connectivity index (χ2v) is 4.33. The summed E-state index contributed by atoms with van der Waals surface area (Å²) >= 11 is 11.5. The van der Waals surface area contributed by atoms with Crippen LogP contribution in [0.25, 0.3) is 0 Å². The van der Waals surface area contributed by atoms with E-state index in [4.69, 9.17) is 23.2 Å². The van der Waals surface area contributed by atoms with Crippen molar-refractivity contribution in [3.63, 3.8) is 0 Å². The van der Waals surface area contributed by atoms with E-state index in [1.165, 1.54) is 12.1 Å². The molecule has 2 aromatic rings. The van der Waals surface area contributed by atoms with E-state index < -0.39 is 11.9 Å². The predicted octanol–water partition coefficient (Wildman–Crippen LogP) is 4.55. The average molecular weight is 308 g/mol. The molecule has 0 saturated heterocycles. The maximum absolute atomic E-state index is 12.5. The van der Waals surface area contributed by atoms with Gasteiger partial charge >= 0.3 is 6.18 Å². The van der Waals surface area contributed by atoms with Crippen LogP contribution in [0.3, 0.4) is 0 Å². The molecule has 100 valence electrons. The highest BCUT2D eigenvalue weighted by Gasteiger charge is 2.32. The summed E-state index contributed by atoms with van der Waals surface area (Å²) in [7, 11) is 0. The lowest BCUT2D eigenvalue weighted by atomic mass is 10.3. The lowest BCUT2D eigenvalue weighted by Crippen LogP contribution is -2.10. The lowest BCUT2D eigenvalue weighted by Gasteiger charge is -2.09. The number of rotatable bonds is 2. The summed E-state index contributed by atoms with van der Waals surface area (Å²) in [5, 5.41) is 3.24. The Hall–Kier alpha value is -1.53. The first kappa shape index (κ1) is 13.9. The van der Waals surface area contributed by atoms with Crippen LogP contribution in [-0.2, 0) is 6.18 Å². The van der Waals surface area contributed by atoms with Crippen molar-refractivity contribution >= 4 is 34.8 Å². The van der Waals surface area contributed by atoms with Gasteiger partial charge in [0, 0.05) is 11.9 Å². The SMILES string of the molecule is FC(F)(F)c1ccnc(Nc2ccc(Cl)c(Cl)c2)n1. The van der Waals surface area contributed by atoms with Gasteiger partial charge in [-0.2, -0.15) is 13.2 Å². The molecular weight excluding hydrogens is 302 g/mol. The molecule has 0 spiro atoms. The fourth-order valence-electron chi connectivity index (χ4n) is 1.28.